The molecule has 1 saturated heterocycles. The summed E-state index contributed by atoms with van der Waals surface area (Å²) in [7, 11) is 2.39. The third-order valence-corrected chi connectivity index (χ3v) is 2.26. The highest BCUT2D eigenvalue weighted by molar-refractivity contribution is 6.35. The number of hydrogen-bond acceptors (Lipinski definition) is 0. The smallest absolute Gasteiger partial charge is 0.0803 e. The van der Waals surface area contributed by atoms with Crippen LogP contribution in [0.3, 0.4) is 0 Å². The average molecular weight is 173 g/mol. The van der Waals surface area contributed by atoms with Crippen molar-refractivity contribution in [3.05, 3.63) is 35.9 Å². The van der Waals surface area contributed by atoms with Crippen LogP contribution in [0.1, 0.15) is 24.8 Å². The van der Waals surface area contributed by atoms with Crippen LogP contribution < -0.4 is 0 Å². The molecule has 0 saturated carbocycles. The molecule has 1 aliphatic heterocycles. The fourth-order valence-electron chi connectivity index (χ4n) is 1.43. The van der Waals surface area contributed by atoms with Gasteiger partial charge in [0.25, 0.3) is 0 Å². The van der Waals surface area contributed by atoms with Gasteiger partial charge in [-0.15, -0.1) is 0 Å². The molecule has 0 spiro atoms. The Morgan fingerprint density at radius 2 is 1.54 bits per heavy atom. The molecule has 1 aliphatic rings. The van der Waals surface area contributed by atoms with E-state index in [1.807, 2.05) is 18.2 Å². The molecule has 1 aromatic rings. The van der Waals surface area contributed by atoms with E-state index in [0.717, 1.165) is 0 Å². The van der Waals surface area contributed by atoms with Crippen LogP contribution in [-0.4, -0.2) is 7.28 Å². The molecule has 2 rings (SSSR count). The second-order valence-electron chi connectivity index (χ2n) is 3.58. The summed E-state index contributed by atoms with van der Waals surface area (Å²) < 4.78 is 0. The van der Waals surface area contributed by atoms with Gasteiger partial charge in [-0.2, -0.15) is 0 Å². The standard InChI is InChI=1S/C7H8.C5H10B/c1-7-5-3-2-4-6-7;1-2-4-6-5-3-1/h2-6H,1H3;1-5H2. The predicted octanol–water partition coefficient (Wildman–Crippen LogP) is 3.71. The predicted molar refractivity (Wildman–Crippen MR) is 60.4 cm³/mol. The fourth-order valence-corrected chi connectivity index (χ4v) is 1.43. The third kappa shape index (κ3) is 5.51. The maximum Gasteiger partial charge on any atom is 0.109 e. The van der Waals surface area contributed by atoms with Crippen molar-refractivity contribution in [1.82, 2.24) is 0 Å². The lowest BCUT2D eigenvalue weighted by molar-refractivity contribution is 0.734. The van der Waals surface area contributed by atoms with Crippen molar-refractivity contribution in [3.8, 4) is 0 Å². The molecule has 0 amide bonds. The van der Waals surface area contributed by atoms with Crippen LogP contribution in [0.4, 0.5) is 0 Å². The van der Waals surface area contributed by atoms with Crippen molar-refractivity contribution in [2.45, 2.75) is 38.8 Å². The number of aryl methyl sites for hydroxylation is 1. The van der Waals surface area contributed by atoms with Crippen molar-refractivity contribution in [2.75, 3.05) is 0 Å². The molecule has 0 aromatic heterocycles. The molecule has 1 heteroatoms. The Labute approximate surface area is 82.6 Å². The Morgan fingerprint density at radius 3 is 1.77 bits per heavy atom. The van der Waals surface area contributed by atoms with E-state index < -0.39 is 0 Å². The molecule has 69 valence electrons. The minimum atomic E-state index is 1.32. The molecule has 0 N–H and O–H groups in total. The van der Waals surface area contributed by atoms with Crippen molar-refractivity contribution < 1.29 is 0 Å². The van der Waals surface area contributed by atoms with Crippen LogP contribution in [0.5, 0.6) is 0 Å². The Hall–Kier alpha value is -0.715. The molecule has 1 fully saturated rings. The van der Waals surface area contributed by atoms with Gasteiger partial charge in [0, 0.05) is 0 Å². The van der Waals surface area contributed by atoms with Gasteiger partial charge in [-0.1, -0.05) is 67.8 Å². The Bertz CT molecular complexity index is 190. The molecule has 0 atom stereocenters. The molecule has 1 aromatic carbocycles. The lowest BCUT2D eigenvalue weighted by atomic mass is 9.64. The highest BCUT2D eigenvalue weighted by Crippen LogP contribution is 2.10. The van der Waals surface area contributed by atoms with Crippen LogP contribution in [0.25, 0.3) is 0 Å². The van der Waals surface area contributed by atoms with E-state index >= 15 is 0 Å². The molecule has 13 heavy (non-hydrogen) atoms. The van der Waals surface area contributed by atoms with E-state index in [4.69, 9.17) is 0 Å². The topological polar surface area (TPSA) is 0 Å². The van der Waals surface area contributed by atoms with Gasteiger partial charge >= 0.3 is 0 Å². The Morgan fingerprint density at radius 1 is 0.923 bits per heavy atom. The summed E-state index contributed by atoms with van der Waals surface area (Å²) in [4.78, 5) is 0. The quantitative estimate of drug-likeness (QED) is 0.524. The molecule has 0 aliphatic carbocycles. The van der Waals surface area contributed by atoms with E-state index in [1.54, 1.807) is 0 Å². The Kier molecular flexibility index (Phi) is 5.39. The Balaban J connectivity index is 0.000000132. The van der Waals surface area contributed by atoms with Crippen molar-refractivity contribution in [2.24, 2.45) is 0 Å². The highest BCUT2D eigenvalue weighted by Gasteiger charge is 1.97. The first-order chi connectivity index (χ1) is 6.39. The summed E-state index contributed by atoms with van der Waals surface area (Å²) in [5.74, 6) is 0. The summed E-state index contributed by atoms with van der Waals surface area (Å²) in [6, 6.07) is 10.3. The van der Waals surface area contributed by atoms with Gasteiger partial charge in [-0.05, 0) is 6.92 Å². The number of hydrogen-bond donors (Lipinski definition) is 0. The van der Waals surface area contributed by atoms with Crippen molar-refractivity contribution in [3.63, 3.8) is 0 Å². The minimum Gasteiger partial charge on any atom is -0.0803 e. The third-order valence-electron chi connectivity index (χ3n) is 2.26. The monoisotopic (exact) mass is 173 g/mol. The fraction of sp³-hybridized carbons (Fsp3) is 0.500. The molecule has 0 nitrogen and oxygen atoms in total. The molecule has 0 unspecified atom stereocenters. The largest absolute Gasteiger partial charge is 0.109 e. The van der Waals surface area contributed by atoms with Crippen LogP contribution in [0.15, 0.2) is 30.3 Å². The SMILES string of the molecule is Cc1ccccc1.[B]1CCCCC1. The van der Waals surface area contributed by atoms with Gasteiger partial charge in [-0.3, -0.25) is 0 Å². The van der Waals surface area contributed by atoms with Gasteiger partial charge < -0.3 is 0 Å². The molecule has 1 radical (unpaired) electrons. The van der Waals surface area contributed by atoms with Gasteiger partial charge in [-0.25, -0.2) is 0 Å². The summed E-state index contributed by atoms with van der Waals surface area (Å²) in [6.07, 6.45) is 7.11. The lowest BCUT2D eigenvalue weighted by Crippen LogP contribution is -1.94. The van der Waals surface area contributed by atoms with Gasteiger partial charge in [0.1, 0.15) is 7.28 Å². The maximum atomic E-state index is 2.39. The van der Waals surface area contributed by atoms with Gasteiger partial charge in [0.05, 0.1) is 0 Å². The van der Waals surface area contributed by atoms with Gasteiger partial charge in [0.15, 0.2) is 0 Å². The zero-order valence-electron chi connectivity index (χ0n) is 8.50. The summed E-state index contributed by atoms with van der Waals surface area (Å²) in [6.45, 7) is 2.08. The average Bonchev–Trinajstić information content (AvgIpc) is 2.22. The van der Waals surface area contributed by atoms with Crippen molar-refractivity contribution in [1.29, 1.82) is 0 Å². The maximum absolute atomic E-state index is 2.39. The first-order valence-corrected chi connectivity index (χ1v) is 5.23. The first-order valence-electron chi connectivity index (χ1n) is 5.23. The first kappa shape index (κ1) is 10.4. The van der Waals surface area contributed by atoms with E-state index in [1.165, 1.54) is 37.5 Å². The minimum absolute atomic E-state index is 1.32. The summed E-state index contributed by atoms with van der Waals surface area (Å²) in [5.41, 5.74) is 1.32. The van der Waals surface area contributed by atoms with Crippen LogP contribution in [0.2, 0.25) is 12.6 Å². The molecule has 1 heterocycles. The van der Waals surface area contributed by atoms with E-state index in [2.05, 4.69) is 26.3 Å². The summed E-state index contributed by atoms with van der Waals surface area (Å²) in [5, 5.41) is 0. The molecular formula is C12H18B. The van der Waals surface area contributed by atoms with Crippen LogP contribution in [0, 0.1) is 6.92 Å². The normalized spacial score (nSPS) is 15.2. The number of benzene rings is 1. The lowest BCUT2D eigenvalue weighted by Gasteiger charge is -2.04. The van der Waals surface area contributed by atoms with E-state index in [0.29, 0.717) is 0 Å². The summed E-state index contributed by atoms with van der Waals surface area (Å²) >= 11 is 0. The zero-order valence-corrected chi connectivity index (χ0v) is 8.50. The molecule has 0 bridgehead atoms. The second kappa shape index (κ2) is 6.76. The van der Waals surface area contributed by atoms with E-state index in [9.17, 15) is 0 Å². The van der Waals surface area contributed by atoms with E-state index in [-0.39, 0.29) is 0 Å². The second-order valence-corrected chi connectivity index (χ2v) is 3.58. The van der Waals surface area contributed by atoms with Crippen LogP contribution in [-0.2, 0) is 0 Å². The van der Waals surface area contributed by atoms with Gasteiger partial charge in [0.2, 0.25) is 0 Å². The van der Waals surface area contributed by atoms with Crippen LogP contribution >= 0.6 is 0 Å². The molecular weight excluding hydrogens is 155 g/mol. The van der Waals surface area contributed by atoms with Crippen molar-refractivity contribution >= 4 is 7.28 Å². The zero-order chi connectivity index (χ0) is 9.36. The highest BCUT2D eigenvalue weighted by atomic mass is 13.9. The number of rotatable bonds is 0.